The van der Waals surface area contributed by atoms with E-state index >= 15 is 0 Å². The fraction of sp³-hybridized carbons (Fsp3) is 0.538. The van der Waals surface area contributed by atoms with Crippen molar-refractivity contribution in [3.63, 3.8) is 0 Å². The molecule has 0 aliphatic carbocycles. The zero-order valence-electron chi connectivity index (χ0n) is 10.2. The lowest BCUT2D eigenvalue weighted by molar-refractivity contribution is 0.292. The molecule has 94 valence electrons. The van der Waals surface area contributed by atoms with Crippen LogP contribution in [0.15, 0.2) is 28.7 Å². The Morgan fingerprint density at radius 1 is 1.41 bits per heavy atom. The van der Waals surface area contributed by atoms with Gasteiger partial charge in [-0.3, -0.25) is 0 Å². The Labute approximate surface area is 116 Å². The van der Waals surface area contributed by atoms with Crippen molar-refractivity contribution in [2.75, 3.05) is 31.6 Å². The minimum atomic E-state index is 0.647. The second-order valence-electron chi connectivity index (χ2n) is 4.55. The van der Waals surface area contributed by atoms with Crippen molar-refractivity contribution in [1.29, 1.82) is 0 Å². The molecule has 1 unspecified atom stereocenters. The lowest BCUT2D eigenvalue weighted by Gasteiger charge is -2.27. The van der Waals surface area contributed by atoms with Crippen LogP contribution in [0.3, 0.4) is 0 Å². The molecule has 1 atom stereocenters. The summed E-state index contributed by atoms with van der Waals surface area (Å²) in [5.74, 6) is 2.50. The summed E-state index contributed by atoms with van der Waals surface area (Å²) in [6.45, 7) is 3.31. The maximum Gasteiger partial charge on any atom is 0.0285 e. The minimum Gasteiger partial charge on any atom is -0.311 e. The molecule has 0 amide bonds. The Hall–Kier alpha value is -0.0300. The molecular formula is C13H19BrN2S. The summed E-state index contributed by atoms with van der Waals surface area (Å²) < 4.78 is 1.15. The van der Waals surface area contributed by atoms with E-state index in [1.165, 1.54) is 17.1 Å². The average Bonchev–Trinajstić information content (AvgIpc) is 2.33. The van der Waals surface area contributed by atoms with Gasteiger partial charge in [-0.15, -0.1) is 0 Å². The summed E-state index contributed by atoms with van der Waals surface area (Å²) >= 11 is 5.52. The lowest BCUT2D eigenvalue weighted by Crippen LogP contribution is -2.44. The van der Waals surface area contributed by atoms with Crippen LogP contribution in [0.1, 0.15) is 5.56 Å². The predicted molar refractivity (Wildman–Crippen MR) is 79.6 cm³/mol. The van der Waals surface area contributed by atoms with Crippen LogP contribution in [0.5, 0.6) is 0 Å². The van der Waals surface area contributed by atoms with E-state index in [2.05, 4.69) is 69.2 Å². The molecule has 0 saturated carbocycles. The van der Waals surface area contributed by atoms with Gasteiger partial charge in [-0.2, -0.15) is 11.8 Å². The van der Waals surface area contributed by atoms with E-state index in [9.17, 15) is 0 Å². The number of likely N-dealkylation sites (N-methyl/N-ethyl adjacent to an activating group) is 1. The quantitative estimate of drug-likeness (QED) is 0.919. The van der Waals surface area contributed by atoms with Gasteiger partial charge in [-0.25, -0.2) is 0 Å². The lowest BCUT2D eigenvalue weighted by atomic mass is 10.2. The van der Waals surface area contributed by atoms with E-state index in [4.69, 9.17) is 0 Å². The highest BCUT2D eigenvalue weighted by atomic mass is 79.9. The van der Waals surface area contributed by atoms with Gasteiger partial charge in [0, 0.05) is 41.7 Å². The first kappa shape index (κ1) is 13.4. The molecule has 1 aromatic rings. The fourth-order valence-electron chi connectivity index (χ4n) is 2.08. The molecule has 1 saturated heterocycles. The van der Waals surface area contributed by atoms with Crippen LogP contribution in [0.4, 0.5) is 0 Å². The number of nitrogens with zero attached hydrogens (tertiary/aromatic N) is 1. The van der Waals surface area contributed by atoms with Crippen LogP contribution >= 0.6 is 27.7 Å². The number of thioether (sulfide) groups is 1. The van der Waals surface area contributed by atoms with Gasteiger partial charge in [0.2, 0.25) is 0 Å². The van der Waals surface area contributed by atoms with Gasteiger partial charge in [0.25, 0.3) is 0 Å². The van der Waals surface area contributed by atoms with E-state index in [0.717, 1.165) is 24.1 Å². The van der Waals surface area contributed by atoms with Gasteiger partial charge in [-0.1, -0.05) is 28.1 Å². The molecule has 1 aromatic carbocycles. The Bertz CT molecular complexity index is 336. The van der Waals surface area contributed by atoms with E-state index in [0.29, 0.717) is 6.04 Å². The molecule has 17 heavy (non-hydrogen) atoms. The number of hydrogen-bond donors (Lipinski definition) is 1. The molecule has 1 aliphatic heterocycles. The maximum atomic E-state index is 3.57. The van der Waals surface area contributed by atoms with Gasteiger partial charge >= 0.3 is 0 Å². The molecule has 0 bridgehead atoms. The van der Waals surface area contributed by atoms with Crippen molar-refractivity contribution in [3.8, 4) is 0 Å². The van der Waals surface area contributed by atoms with Crippen LogP contribution in [0.2, 0.25) is 0 Å². The van der Waals surface area contributed by atoms with Crippen molar-refractivity contribution in [3.05, 3.63) is 34.3 Å². The van der Waals surface area contributed by atoms with E-state index < -0.39 is 0 Å². The topological polar surface area (TPSA) is 15.3 Å². The van der Waals surface area contributed by atoms with Crippen molar-refractivity contribution < 1.29 is 0 Å². The van der Waals surface area contributed by atoms with Crippen LogP contribution in [-0.2, 0) is 6.54 Å². The molecule has 2 nitrogen and oxygen atoms in total. The Morgan fingerprint density at radius 2 is 2.18 bits per heavy atom. The van der Waals surface area contributed by atoms with E-state index in [1.807, 2.05) is 0 Å². The number of nitrogens with one attached hydrogen (secondary N) is 1. The third-order valence-electron chi connectivity index (χ3n) is 2.90. The van der Waals surface area contributed by atoms with E-state index in [-0.39, 0.29) is 0 Å². The molecule has 0 radical (unpaired) electrons. The number of benzene rings is 1. The zero-order chi connectivity index (χ0) is 12.1. The summed E-state index contributed by atoms with van der Waals surface area (Å²) in [5, 5.41) is 3.57. The molecule has 1 N–H and O–H groups in total. The maximum absolute atomic E-state index is 3.57. The summed E-state index contributed by atoms with van der Waals surface area (Å²) in [6.07, 6.45) is 0. The molecule has 1 aliphatic rings. The SMILES string of the molecule is CN(Cc1ccc(Br)cc1)CC1CSCCN1. The largest absolute Gasteiger partial charge is 0.311 e. The molecular weight excluding hydrogens is 296 g/mol. The Balaban J connectivity index is 1.79. The standard InChI is InChI=1S/C13H19BrN2S/c1-16(9-13-10-17-7-6-15-13)8-11-2-4-12(14)5-3-11/h2-5,13,15H,6-10H2,1H3. The molecule has 2 rings (SSSR count). The van der Waals surface area contributed by atoms with Gasteiger partial charge in [0.1, 0.15) is 0 Å². The summed E-state index contributed by atoms with van der Waals surface area (Å²) in [6, 6.07) is 9.23. The van der Waals surface area contributed by atoms with Crippen LogP contribution in [0.25, 0.3) is 0 Å². The van der Waals surface area contributed by atoms with Crippen molar-refractivity contribution >= 4 is 27.7 Å². The fourth-order valence-corrected chi connectivity index (χ4v) is 3.28. The second-order valence-corrected chi connectivity index (χ2v) is 6.61. The normalized spacial score (nSPS) is 20.8. The number of hydrogen-bond acceptors (Lipinski definition) is 3. The summed E-state index contributed by atoms with van der Waals surface area (Å²) in [7, 11) is 2.20. The third-order valence-corrected chi connectivity index (χ3v) is 4.56. The zero-order valence-corrected chi connectivity index (χ0v) is 12.6. The van der Waals surface area contributed by atoms with Gasteiger partial charge in [0.15, 0.2) is 0 Å². The second kappa shape index (κ2) is 6.78. The van der Waals surface area contributed by atoms with E-state index in [1.54, 1.807) is 0 Å². The Kier molecular flexibility index (Phi) is 5.35. The van der Waals surface area contributed by atoms with Crippen molar-refractivity contribution in [2.24, 2.45) is 0 Å². The minimum absolute atomic E-state index is 0.647. The highest BCUT2D eigenvalue weighted by Gasteiger charge is 2.14. The predicted octanol–water partition coefficient (Wildman–Crippen LogP) is 2.59. The first-order valence-corrected chi connectivity index (χ1v) is 7.93. The van der Waals surface area contributed by atoms with Crippen molar-refractivity contribution in [2.45, 2.75) is 12.6 Å². The first-order chi connectivity index (χ1) is 8.24. The van der Waals surface area contributed by atoms with Crippen LogP contribution in [0, 0.1) is 0 Å². The van der Waals surface area contributed by atoms with Gasteiger partial charge in [-0.05, 0) is 24.7 Å². The molecule has 1 fully saturated rings. The average molecular weight is 315 g/mol. The third kappa shape index (κ3) is 4.62. The smallest absolute Gasteiger partial charge is 0.0285 e. The Morgan fingerprint density at radius 3 is 2.82 bits per heavy atom. The highest BCUT2D eigenvalue weighted by molar-refractivity contribution is 9.10. The molecule has 4 heteroatoms. The molecule has 0 aromatic heterocycles. The van der Waals surface area contributed by atoms with Crippen molar-refractivity contribution in [1.82, 2.24) is 10.2 Å². The first-order valence-electron chi connectivity index (χ1n) is 5.98. The summed E-state index contributed by atoms with van der Waals surface area (Å²) in [5.41, 5.74) is 1.37. The van der Waals surface area contributed by atoms with Gasteiger partial charge in [0.05, 0.1) is 0 Å². The summed E-state index contributed by atoms with van der Waals surface area (Å²) in [4.78, 5) is 2.40. The molecule has 0 spiro atoms. The van der Waals surface area contributed by atoms with Gasteiger partial charge < -0.3 is 10.2 Å². The highest BCUT2D eigenvalue weighted by Crippen LogP contribution is 2.13. The van der Waals surface area contributed by atoms with Crippen LogP contribution < -0.4 is 5.32 Å². The monoisotopic (exact) mass is 314 g/mol. The van der Waals surface area contributed by atoms with Crippen LogP contribution in [-0.4, -0.2) is 42.6 Å². The number of rotatable bonds is 4. The molecule has 1 heterocycles. The number of halogens is 1.